The van der Waals surface area contributed by atoms with Gasteiger partial charge < -0.3 is 9.47 Å². The summed E-state index contributed by atoms with van der Waals surface area (Å²) in [5.41, 5.74) is -0.652. The van der Waals surface area contributed by atoms with Crippen LogP contribution < -0.4 is 0 Å². The maximum atomic E-state index is 13.4. The summed E-state index contributed by atoms with van der Waals surface area (Å²) in [6, 6.07) is -0.125. The van der Waals surface area contributed by atoms with Crippen molar-refractivity contribution in [1.29, 1.82) is 0 Å². The zero-order valence-electron chi connectivity index (χ0n) is 16.5. The van der Waals surface area contributed by atoms with Crippen LogP contribution in [0, 0.1) is 16.7 Å². The van der Waals surface area contributed by atoms with Crippen LogP contribution in [0.2, 0.25) is 0 Å². The van der Waals surface area contributed by atoms with Crippen molar-refractivity contribution >= 4 is 10.0 Å². The minimum atomic E-state index is -3.44. The number of sulfonamides is 1. The highest BCUT2D eigenvalue weighted by molar-refractivity contribution is 7.89. The molecule has 0 aliphatic heterocycles. The van der Waals surface area contributed by atoms with Crippen LogP contribution >= 0.6 is 0 Å². The maximum Gasteiger partial charge on any atom is 0.215 e. The van der Waals surface area contributed by atoms with Gasteiger partial charge in [0.1, 0.15) is 0 Å². The molecule has 2 atom stereocenters. The number of hydrogen-bond donors (Lipinski definition) is 0. The molecule has 5 nitrogen and oxygen atoms in total. The Morgan fingerprint density at radius 2 is 1.58 bits per heavy atom. The van der Waals surface area contributed by atoms with Crippen molar-refractivity contribution in [3.63, 3.8) is 0 Å². The fraction of sp³-hybridized carbons (Fsp3) is 1.00. The van der Waals surface area contributed by atoms with E-state index in [0.717, 1.165) is 19.3 Å². The number of rotatable bonds is 7. The number of ether oxygens (including phenoxy) is 2. The lowest BCUT2D eigenvalue weighted by Crippen LogP contribution is -2.58. The van der Waals surface area contributed by atoms with Gasteiger partial charge in [0.05, 0.1) is 5.75 Å². The molecule has 0 aromatic carbocycles. The van der Waals surface area contributed by atoms with Crippen LogP contribution in [0.3, 0.4) is 0 Å². The summed E-state index contributed by atoms with van der Waals surface area (Å²) >= 11 is 0. The Morgan fingerprint density at radius 3 is 1.96 bits per heavy atom. The van der Waals surface area contributed by atoms with Gasteiger partial charge in [-0.15, -0.1) is 0 Å². The second kappa shape index (κ2) is 6.22. The van der Waals surface area contributed by atoms with E-state index in [-0.39, 0.29) is 23.3 Å². The molecule has 6 heteroatoms. The molecule has 0 radical (unpaired) electrons. The van der Waals surface area contributed by atoms with E-state index in [9.17, 15) is 8.42 Å². The molecule has 2 fully saturated rings. The summed E-state index contributed by atoms with van der Waals surface area (Å²) in [5, 5.41) is 0. The minimum Gasteiger partial charge on any atom is -0.353 e. The third-order valence-corrected chi connectivity index (χ3v) is 9.19. The van der Waals surface area contributed by atoms with E-state index in [1.54, 1.807) is 18.5 Å². The Hall–Kier alpha value is -0.170. The molecular weight excluding hydrogens is 326 g/mol. The Bertz CT molecular complexity index is 558. The number of fused-ring (bicyclic) bond motifs is 2. The van der Waals surface area contributed by atoms with Crippen LogP contribution in [0.4, 0.5) is 0 Å². The molecule has 0 saturated heterocycles. The second-order valence-corrected chi connectivity index (χ2v) is 10.6. The summed E-state index contributed by atoms with van der Waals surface area (Å²) in [6.07, 6.45) is 2.64. The van der Waals surface area contributed by atoms with Gasteiger partial charge in [-0.05, 0) is 51.9 Å². The third kappa shape index (κ3) is 2.56. The molecular formula is C18H35NO4S. The highest BCUT2D eigenvalue weighted by Gasteiger charge is 2.73. The molecule has 2 aliphatic carbocycles. The van der Waals surface area contributed by atoms with Crippen LogP contribution in [0.5, 0.6) is 0 Å². The van der Waals surface area contributed by atoms with Crippen molar-refractivity contribution < 1.29 is 17.9 Å². The lowest BCUT2D eigenvalue weighted by Gasteiger charge is -2.49. The fourth-order valence-electron chi connectivity index (χ4n) is 5.69. The van der Waals surface area contributed by atoms with Crippen LogP contribution in [-0.4, -0.2) is 50.6 Å². The van der Waals surface area contributed by atoms with Gasteiger partial charge in [-0.25, -0.2) is 8.42 Å². The molecule has 2 unspecified atom stereocenters. The Kier molecular flexibility index (Phi) is 5.22. The summed E-state index contributed by atoms with van der Waals surface area (Å²) in [7, 11) is -0.137. The number of nitrogens with zero attached hydrogens (tertiary/aromatic N) is 1. The second-order valence-electron chi connectivity index (χ2n) is 8.68. The highest BCUT2D eigenvalue weighted by Crippen LogP contribution is 2.71. The molecule has 2 rings (SSSR count). The molecule has 2 bridgehead atoms. The predicted molar refractivity (Wildman–Crippen MR) is 96.2 cm³/mol. The maximum absolute atomic E-state index is 13.4. The molecule has 2 saturated carbocycles. The van der Waals surface area contributed by atoms with Crippen molar-refractivity contribution in [1.82, 2.24) is 4.31 Å². The molecule has 142 valence electrons. The van der Waals surface area contributed by atoms with E-state index < -0.39 is 21.2 Å². The van der Waals surface area contributed by atoms with Crippen molar-refractivity contribution in [3.8, 4) is 0 Å². The minimum absolute atomic E-state index is 0.0624. The van der Waals surface area contributed by atoms with Gasteiger partial charge in [-0.1, -0.05) is 13.8 Å². The molecule has 0 aromatic rings. The zero-order chi connectivity index (χ0) is 18.6. The van der Waals surface area contributed by atoms with Gasteiger partial charge in [0.15, 0.2) is 5.79 Å². The van der Waals surface area contributed by atoms with E-state index in [1.165, 1.54) is 0 Å². The molecule has 0 N–H and O–H groups in total. The molecule has 0 aromatic heterocycles. The number of methoxy groups -OCH3 is 2. The van der Waals surface area contributed by atoms with Gasteiger partial charge in [0.2, 0.25) is 10.0 Å². The lowest BCUT2D eigenvalue weighted by molar-refractivity contribution is -0.274. The van der Waals surface area contributed by atoms with Gasteiger partial charge in [0.25, 0.3) is 0 Å². The average molecular weight is 362 g/mol. The van der Waals surface area contributed by atoms with Crippen molar-refractivity contribution in [2.45, 2.75) is 78.7 Å². The molecule has 0 amide bonds. The summed E-state index contributed by atoms with van der Waals surface area (Å²) in [5.74, 6) is -0.299. The van der Waals surface area contributed by atoms with E-state index in [2.05, 4.69) is 13.8 Å². The quantitative estimate of drug-likeness (QED) is 0.653. The highest BCUT2D eigenvalue weighted by atomic mass is 32.2. The van der Waals surface area contributed by atoms with E-state index in [1.807, 2.05) is 27.7 Å². The van der Waals surface area contributed by atoms with Crippen molar-refractivity contribution in [2.75, 3.05) is 20.0 Å². The normalized spacial score (nSPS) is 31.5. The largest absolute Gasteiger partial charge is 0.353 e. The van der Waals surface area contributed by atoms with Crippen LogP contribution in [0.15, 0.2) is 0 Å². The van der Waals surface area contributed by atoms with E-state index >= 15 is 0 Å². The molecule has 0 heterocycles. The monoisotopic (exact) mass is 361 g/mol. The first-order valence-electron chi connectivity index (χ1n) is 9.02. The van der Waals surface area contributed by atoms with Crippen molar-refractivity contribution in [3.05, 3.63) is 0 Å². The summed E-state index contributed by atoms with van der Waals surface area (Å²) < 4.78 is 40.1. The Balaban J connectivity index is 2.51. The SMILES string of the molecule is COC1(OC)CC2CCC1(CS(=O)(=O)N(C(C)C)C(C)C)C2(C)C. The predicted octanol–water partition coefficient (Wildman–Crippen LogP) is 3.25. The fourth-order valence-corrected chi connectivity index (χ4v) is 8.48. The Morgan fingerprint density at radius 1 is 1.08 bits per heavy atom. The Labute approximate surface area is 148 Å². The van der Waals surface area contributed by atoms with Gasteiger partial charge in [-0.2, -0.15) is 4.31 Å². The van der Waals surface area contributed by atoms with Crippen LogP contribution in [0.1, 0.15) is 60.8 Å². The first-order chi connectivity index (χ1) is 10.9. The molecule has 0 spiro atoms. The summed E-state index contributed by atoms with van der Waals surface area (Å²) in [4.78, 5) is 0. The van der Waals surface area contributed by atoms with Crippen LogP contribution in [-0.2, 0) is 19.5 Å². The number of hydrogen-bond acceptors (Lipinski definition) is 4. The molecule has 24 heavy (non-hydrogen) atoms. The third-order valence-electron chi connectivity index (χ3n) is 6.85. The van der Waals surface area contributed by atoms with Crippen LogP contribution in [0.25, 0.3) is 0 Å². The molecule has 2 aliphatic rings. The lowest BCUT2D eigenvalue weighted by atomic mass is 9.68. The smallest absolute Gasteiger partial charge is 0.215 e. The van der Waals surface area contributed by atoms with E-state index in [0.29, 0.717) is 5.92 Å². The first-order valence-corrected chi connectivity index (χ1v) is 10.6. The van der Waals surface area contributed by atoms with Gasteiger partial charge in [0, 0.05) is 38.1 Å². The van der Waals surface area contributed by atoms with E-state index in [4.69, 9.17) is 9.47 Å². The van der Waals surface area contributed by atoms with Gasteiger partial charge >= 0.3 is 0 Å². The topological polar surface area (TPSA) is 55.8 Å². The average Bonchev–Trinajstić information content (AvgIpc) is 2.77. The first kappa shape index (κ1) is 20.1. The zero-order valence-corrected chi connectivity index (χ0v) is 17.4. The summed E-state index contributed by atoms with van der Waals surface area (Å²) in [6.45, 7) is 12.1. The standard InChI is InChI=1S/C18H35NO4S/c1-13(2)19(14(3)4)24(20,21)12-17-10-9-15(16(17,5)6)11-18(17,22-7)23-8/h13-15H,9-12H2,1-8H3. The van der Waals surface area contributed by atoms with Crippen molar-refractivity contribution in [2.24, 2.45) is 16.7 Å². The van der Waals surface area contributed by atoms with Gasteiger partial charge in [-0.3, -0.25) is 0 Å².